The van der Waals surface area contributed by atoms with Crippen molar-refractivity contribution in [3.8, 4) is 27.9 Å². The van der Waals surface area contributed by atoms with E-state index >= 15 is 0 Å². The zero-order valence-electron chi connectivity index (χ0n) is 27.8. The van der Waals surface area contributed by atoms with Gasteiger partial charge in [-0.1, -0.05) is 78.9 Å². The Labute approximate surface area is 296 Å². The van der Waals surface area contributed by atoms with Gasteiger partial charge in [-0.05, 0) is 107 Å². The van der Waals surface area contributed by atoms with Crippen molar-refractivity contribution in [3.63, 3.8) is 0 Å². The molecule has 12 aromatic rings. The summed E-state index contributed by atoms with van der Waals surface area (Å²) in [6.45, 7) is 0. The van der Waals surface area contributed by atoms with Crippen molar-refractivity contribution in [2.24, 2.45) is 0 Å². The molecule has 0 bridgehead atoms. The monoisotopic (exact) mass is 665 g/mol. The first-order valence-electron chi connectivity index (χ1n) is 17.6. The second-order valence-electron chi connectivity index (χ2n) is 13.7. The van der Waals surface area contributed by atoms with E-state index in [4.69, 9.17) is 13.3 Å². The molecule has 0 saturated heterocycles. The maximum absolute atomic E-state index is 6.49. The van der Waals surface area contributed by atoms with Gasteiger partial charge in [0.25, 0.3) is 0 Å². The average Bonchev–Trinajstić information content (AvgIpc) is 3.95. The molecule has 12 rings (SSSR count). The van der Waals surface area contributed by atoms with E-state index in [1.54, 1.807) is 0 Å². The minimum Gasteiger partial charge on any atom is -0.456 e. The molecule has 52 heavy (non-hydrogen) atoms. The molecule has 0 unspecified atom stereocenters. The second kappa shape index (κ2) is 10.3. The molecule has 0 aliphatic heterocycles. The van der Waals surface area contributed by atoms with Crippen LogP contribution in [0.3, 0.4) is 0 Å². The predicted octanol–water partition coefficient (Wildman–Crippen LogP) is 13.8. The smallest absolute Gasteiger partial charge is 0.136 e. The highest BCUT2D eigenvalue weighted by atomic mass is 16.3. The summed E-state index contributed by atoms with van der Waals surface area (Å²) in [5.41, 5.74) is 13.3. The van der Waals surface area contributed by atoms with Gasteiger partial charge in [0.05, 0.1) is 11.0 Å². The number of nitrogens with zero attached hydrogens (tertiary/aromatic N) is 1. The number of fused-ring (bicyclic) bond motifs is 13. The largest absolute Gasteiger partial charge is 0.456 e. The quantitative estimate of drug-likeness (QED) is 0.189. The van der Waals surface area contributed by atoms with Gasteiger partial charge in [-0.25, -0.2) is 0 Å². The van der Waals surface area contributed by atoms with Crippen molar-refractivity contribution in [2.45, 2.75) is 0 Å². The van der Waals surface area contributed by atoms with Gasteiger partial charge in [0, 0.05) is 48.8 Å². The highest BCUT2D eigenvalue weighted by Gasteiger charge is 2.19. The van der Waals surface area contributed by atoms with E-state index in [9.17, 15) is 0 Å². The standard InChI is InChI=1S/C48H27NO3/c1-2-8-32(9-3-1)49-39-12-6-4-10-33(39)35-24-28(14-18-40(35)49)30-16-20-43-37(26-30)47-45(51-43)22-23-46-48(47)38-27-31(17-21-44(38)52-46)29-15-19-42-36(25-29)34-11-5-7-13-41(34)50-42/h1-27H. The van der Waals surface area contributed by atoms with Gasteiger partial charge in [0.15, 0.2) is 0 Å². The van der Waals surface area contributed by atoms with Crippen LogP contribution in [0.1, 0.15) is 0 Å². The molecule has 0 spiro atoms. The molecular formula is C48H27NO3. The summed E-state index contributed by atoms with van der Waals surface area (Å²) in [4.78, 5) is 0. The Morgan fingerprint density at radius 2 is 0.731 bits per heavy atom. The Hall–Kier alpha value is -7.04. The summed E-state index contributed by atoms with van der Waals surface area (Å²) < 4.78 is 21.4. The van der Waals surface area contributed by atoms with Crippen molar-refractivity contribution in [1.82, 2.24) is 4.57 Å². The van der Waals surface area contributed by atoms with Crippen LogP contribution in [0, 0.1) is 0 Å². The molecule has 0 amide bonds. The van der Waals surface area contributed by atoms with Gasteiger partial charge in [0.2, 0.25) is 0 Å². The van der Waals surface area contributed by atoms with E-state index < -0.39 is 0 Å². The molecule has 242 valence electrons. The third-order valence-corrected chi connectivity index (χ3v) is 10.8. The highest BCUT2D eigenvalue weighted by Crippen LogP contribution is 2.43. The van der Waals surface area contributed by atoms with Gasteiger partial charge >= 0.3 is 0 Å². The summed E-state index contributed by atoms with van der Waals surface area (Å²) in [6.07, 6.45) is 0. The van der Waals surface area contributed by atoms with Crippen LogP contribution >= 0.6 is 0 Å². The van der Waals surface area contributed by atoms with E-state index in [1.807, 2.05) is 24.3 Å². The summed E-state index contributed by atoms with van der Waals surface area (Å²) >= 11 is 0. The minimum absolute atomic E-state index is 0.846. The summed E-state index contributed by atoms with van der Waals surface area (Å²) in [6, 6.07) is 57.8. The molecule has 0 radical (unpaired) electrons. The maximum Gasteiger partial charge on any atom is 0.136 e. The average molecular weight is 666 g/mol. The Morgan fingerprint density at radius 1 is 0.288 bits per heavy atom. The molecular weight excluding hydrogens is 639 g/mol. The number of aromatic nitrogens is 1. The van der Waals surface area contributed by atoms with Crippen LogP contribution in [0.4, 0.5) is 0 Å². The van der Waals surface area contributed by atoms with Crippen LogP contribution in [-0.4, -0.2) is 4.57 Å². The molecule has 0 N–H and O–H groups in total. The Bertz CT molecular complexity index is 3410. The molecule has 0 aliphatic carbocycles. The molecule has 0 fully saturated rings. The van der Waals surface area contributed by atoms with E-state index in [1.165, 1.54) is 21.8 Å². The van der Waals surface area contributed by atoms with E-state index in [2.05, 4.69) is 144 Å². The zero-order chi connectivity index (χ0) is 33.9. The third-order valence-electron chi connectivity index (χ3n) is 10.8. The lowest BCUT2D eigenvalue weighted by Gasteiger charge is -2.08. The lowest BCUT2D eigenvalue weighted by atomic mass is 9.98. The first-order chi connectivity index (χ1) is 25.7. The molecule has 4 nitrogen and oxygen atoms in total. The van der Waals surface area contributed by atoms with Crippen molar-refractivity contribution in [1.29, 1.82) is 0 Å². The molecule has 4 heterocycles. The summed E-state index contributed by atoms with van der Waals surface area (Å²) in [5.74, 6) is 0. The number of benzene rings is 8. The van der Waals surface area contributed by atoms with E-state index in [0.29, 0.717) is 0 Å². The van der Waals surface area contributed by atoms with Crippen LogP contribution in [0.25, 0.3) is 116 Å². The Balaban J connectivity index is 1.05. The van der Waals surface area contributed by atoms with Crippen LogP contribution in [0.5, 0.6) is 0 Å². The fourth-order valence-electron chi connectivity index (χ4n) is 8.41. The first kappa shape index (κ1) is 27.7. The fourth-order valence-corrected chi connectivity index (χ4v) is 8.41. The Morgan fingerprint density at radius 3 is 1.40 bits per heavy atom. The van der Waals surface area contributed by atoms with Gasteiger partial charge in [-0.2, -0.15) is 0 Å². The topological polar surface area (TPSA) is 44.4 Å². The van der Waals surface area contributed by atoms with Gasteiger partial charge in [0.1, 0.15) is 33.5 Å². The second-order valence-corrected chi connectivity index (χ2v) is 13.7. The summed E-state index contributed by atoms with van der Waals surface area (Å²) in [5, 5.41) is 8.99. The lowest BCUT2D eigenvalue weighted by Crippen LogP contribution is -1.92. The highest BCUT2D eigenvalue weighted by molar-refractivity contribution is 6.26. The Kier molecular flexibility index (Phi) is 5.47. The molecule has 8 aromatic carbocycles. The van der Waals surface area contributed by atoms with Crippen molar-refractivity contribution in [2.75, 3.05) is 0 Å². The molecule has 0 atom stereocenters. The summed E-state index contributed by atoms with van der Waals surface area (Å²) in [7, 11) is 0. The van der Waals surface area contributed by atoms with Crippen LogP contribution in [0.2, 0.25) is 0 Å². The fraction of sp³-hybridized carbons (Fsp3) is 0. The molecule has 0 saturated carbocycles. The van der Waals surface area contributed by atoms with Gasteiger partial charge < -0.3 is 17.8 Å². The number of rotatable bonds is 3. The number of hydrogen-bond donors (Lipinski definition) is 0. The SMILES string of the molecule is c1ccc(-n2c3ccccc3c3cc(-c4ccc5oc6ccc7oc8ccc(-c9ccc%10oc%11ccccc%11c%10c9)cc8c7c6c5c4)ccc32)cc1. The predicted molar refractivity (Wildman–Crippen MR) is 213 cm³/mol. The van der Waals surface area contributed by atoms with Crippen LogP contribution in [-0.2, 0) is 0 Å². The maximum atomic E-state index is 6.49. The van der Waals surface area contributed by atoms with Gasteiger partial charge in [-0.3, -0.25) is 0 Å². The minimum atomic E-state index is 0.846. The third kappa shape index (κ3) is 3.86. The normalized spacial score (nSPS) is 12.2. The first-order valence-corrected chi connectivity index (χ1v) is 17.6. The molecule has 4 aromatic heterocycles. The van der Waals surface area contributed by atoms with Gasteiger partial charge in [-0.15, -0.1) is 0 Å². The van der Waals surface area contributed by atoms with Crippen molar-refractivity contribution >= 4 is 87.6 Å². The number of hydrogen-bond acceptors (Lipinski definition) is 3. The van der Waals surface area contributed by atoms with Crippen LogP contribution < -0.4 is 0 Å². The zero-order valence-corrected chi connectivity index (χ0v) is 27.8. The van der Waals surface area contributed by atoms with E-state index in [0.717, 1.165) is 93.8 Å². The lowest BCUT2D eigenvalue weighted by molar-refractivity contribution is 0.663. The van der Waals surface area contributed by atoms with Crippen molar-refractivity contribution in [3.05, 3.63) is 164 Å². The number of furan rings is 3. The van der Waals surface area contributed by atoms with Crippen molar-refractivity contribution < 1.29 is 13.3 Å². The van der Waals surface area contributed by atoms with Crippen LogP contribution in [0.15, 0.2) is 177 Å². The number of para-hydroxylation sites is 3. The molecule has 4 heteroatoms. The molecule has 0 aliphatic rings. The van der Waals surface area contributed by atoms with E-state index in [-0.39, 0.29) is 0 Å².